The Morgan fingerprint density at radius 1 is 1.36 bits per heavy atom. The summed E-state index contributed by atoms with van der Waals surface area (Å²) in [6.45, 7) is 5.97. The van der Waals surface area contributed by atoms with Crippen LogP contribution in [0.4, 0.5) is 0 Å². The largest absolute Gasteiger partial charge is 0.346 e. The molecule has 0 radical (unpaired) electrons. The zero-order chi connectivity index (χ0) is 17.8. The van der Waals surface area contributed by atoms with Gasteiger partial charge in [0.2, 0.25) is 5.91 Å². The van der Waals surface area contributed by atoms with Crippen LogP contribution in [0.15, 0.2) is 34.6 Å². The van der Waals surface area contributed by atoms with Gasteiger partial charge in [0.15, 0.2) is 0 Å². The molecule has 2 atom stereocenters. The van der Waals surface area contributed by atoms with Gasteiger partial charge in [0.25, 0.3) is 0 Å². The van der Waals surface area contributed by atoms with Crippen LogP contribution in [0.5, 0.6) is 0 Å². The standard InChI is InChI=1S/C18H22N4OS2/c1-12-10-25-18(20-12)16(9-15-4-7-24-11-15)21-17(23)8-13(2)22-6-5-19-14(22)3/h4-7,10-11,13,16H,8-9H2,1-3H3,(H,21,23). The van der Waals surface area contributed by atoms with Crippen molar-refractivity contribution in [2.24, 2.45) is 0 Å². The molecule has 0 aliphatic heterocycles. The summed E-state index contributed by atoms with van der Waals surface area (Å²) in [6, 6.07) is 2.08. The first-order valence-corrected chi connectivity index (χ1v) is 10.1. The molecule has 7 heteroatoms. The summed E-state index contributed by atoms with van der Waals surface area (Å²) >= 11 is 3.27. The Labute approximate surface area is 155 Å². The smallest absolute Gasteiger partial charge is 0.222 e. The van der Waals surface area contributed by atoms with E-state index in [1.54, 1.807) is 28.9 Å². The second-order valence-corrected chi connectivity index (χ2v) is 7.89. The third-order valence-electron chi connectivity index (χ3n) is 4.11. The number of aromatic nitrogens is 3. The minimum absolute atomic E-state index is 0.0358. The Morgan fingerprint density at radius 2 is 2.20 bits per heavy atom. The van der Waals surface area contributed by atoms with Crippen LogP contribution < -0.4 is 5.32 Å². The summed E-state index contributed by atoms with van der Waals surface area (Å²) in [4.78, 5) is 21.4. The molecule has 25 heavy (non-hydrogen) atoms. The molecule has 0 aliphatic rings. The van der Waals surface area contributed by atoms with E-state index in [4.69, 9.17) is 0 Å². The zero-order valence-corrected chi connectivity index (χ0v) is 16.2. The highest BCUT2D eigenvalue weighted by atomic mass is 32.1. The normalized spacial score (nSPS) is 13.6. The molecule has 3 aromatic rings. The maximum atomic E-state index is 12.6. The highest BCUT2D eigenvalue weighted by molar-refractivity contribution is 7.09. The first-order chi connectivity index (χ1) is 12.0. The number of thiazole rings is 1. The molecule has 132 valence electrons. The van der Waals surface area contributed by atoms with Gasteiger partial charge in [-0.3, -0.25) is 4.79 Å². The Balaban J connectivity index is 1.68. The second-order valence-electron chi connectivity index (χ2n) is 6.22. The molecule has 0 saturated carbocycles. The number of hydrogen-bond acceptors (Lipinski definition) is 5. The summed E-state index contributed by atoms with van der Waals surface area (Å²) in [6.07, 6.45) is 4.87. The van der Waals surface area contributed by atoms with Gasteiger partial charge in [-0.05, 0) is 43.2 Å². The zero-order valence-electron chi connectivity index (χ0n) is 14.6. The van der Waals surface area contributed by atoms with E-state index in [2.05, 4.69) is 32.1 Å². The van der Waals surface area contributed by atoms with Crippen molar-refractivity contribution in [3.8, 4) is 0 Å². The Hall–Kier alpha value is -1.99. The van der Waals surface area contributed by atoms with Gasteiger partial charge < -0.3 is 9.88 Å². The lowest BCUT2D eigenvalue weighted by Gasteiger charge is -2.19. The summed E-state index contributed by atoms with van der Waals surface area (Å²) in [7, 11) is 0. The molecule has 0 aliphatic carbocycles. The van der Waals surface area contributed by atoms with Crippen LogP contribution in [0.1, 0.15) is 47.5 Å². The third-order valence-corrected chi connectivity index (χ3v) is 5.92. The van der Waals surface area contributed by atoms with Crippen LogP contribution in [0.3, 0.4) is 0 Å². The maximum Gasteiger partial charge on any atom is 0.222 e. The molecule has 0 spiro atoms. The van der Waals surface area contributed by atoms with Gasteiger partial charge in [0.05, 0.1) is 6.04 Å². The van der Waals surface area contributed by atoms with E-state index in [0.717, 1.165) is 22.9 Å². The highest BCUT2D eigenvalue weighted by Crippen LogP contribution is 2.24. The minimum atomic E-state index is -0.0862. The van der Waals surface area contributed by atoms with E-state index in [-0.39, 0.29) is 18.0 Å². The Morgan fingerprint density at radius 3 is 2.80 bits per heavy atom. The van der Waals surface area contributed by atoms with Crippen LogP contribution in [0.2, 0.25) is 0 Å². The number of imidazole rings is 1. The van der Waals surface area contributed by atoms with Crippen molar-refractivity contribution < 1.29 is 4.79 Å². The fraction of sp³-hybridized carbons (Fsp3) is 0.389. The molecule has 2 unspecified atom stereocenters. The molecule has 1 amide bonds. The van der Waals surface area contributed by atoms with Crippen LogP contribution in [0, 0.1) is 13.8 Å². The van der Waals surface area contributed by atoms with Gasteiger partial charge in [0.1, 0.15) is 10.8 Å². The highest BCUT2D eigenvalue weighted by Gasteiger charge is 2.20. The topological polar surface area (TPSA) is 59.8 Å². The lowest BCUT2D eigenvalue weighted by molar-refractivity contribution is -0.122. The molecule has 0 saturated heterocycles. The fourth-order valence-electron chi connectivity index (χ4n) is 2.85. The number of rotatable bonds is 7. The van der Waals surface area contributed by atoms with E-state index >= 15 is 0 Å². The first kappa shape index (κ1) is 17.8. The van der Waals surface area contributed by atoms with Gasteiger partial charge in [-0.15, -0.1) is 11.3 Å². The quantitative estimate of drug-likeness (QED) is 0.678. The molecule has 5 nitrogen and oxygen atoms in total. The number of carbonyl (C=O) groups is 1. The van der Waals surface area contributed by atoms with E-state index in [1.807, 2.05) is 36.9 Å². The molecular weight excluding hydrogens is 352 g/mol. The predicted octanol–water partition coefficient (Wildman–Crippen LogP) is 4.07. The van der Waals surface area contributed by atoms with Gasteiger partial charge in [-0.1, -0.05) is 0 Å². The number of carbonyl (C=O) groups excluding carboxylic acids is 1. The summed E-state index contributed by atoms with van der Waals surface area (Å²) in [5, 5.41) is 10.3. The molecule has 0 aromatic carbocycles. The average molecular weight is 375 g/mol. The minimum Gasteiger partial charge on any atom is -0.346 e. The van der Waals surface area contributed by atoms with E-state index in [1.165, 1.54) is 5.56 Å². The number of aryl methyl sites for hydroxylation is 2. The number of amides is 1. The third kappa shape index (κ3) is 4.55. The number of hydrogen-bond donors (Lipinski definition) is 1. The lowest BCUT2D eigenvalue weighted by Crippen LogP contribution is -2.31. The Bertz CT molecular complexity index is 822. The molecule has 3 aromatic heterocycles. The van der Waals surface area contributed by atoms with Gasteiger partial charge in [-0.25, -0.2) is 9.97 Å². The second kappa shape index (κ2) is 7.93. The van der Waals surface area contributed by atoms with Gasteiger partial charge in [-0.2, -0.15) is 11.3 Å². The first-order valence-electron chi connectivity index (χ1n) is 8.25. The van der Waals surface area contributed by atoms with Crippen LogP contribution in [0.25, 0.3) is 0 Å². The van der Waals surface area contributed by atoms with Crippen LogP contribution in [-0.4, -0.2) is 20.4 Å². The summed E-state index contributed by atoms with van der Waals surface area (Å²) < 4.78 is 2.03. The van der Waals surface area contributed by atoms with Crippen molar-refractivity contribution in [2.45, 2.75) is 45.7 Å². The molecule has 3 heterocycles. The average Bonchev–Trinajstić information content (AvgIpc) is 3.28. The molecular formula is C18H22N4OS2. The van der Waals surface area contributed by atoms with Gasteiger partial charge in [0, 0.05) is 42.4 Å². The van der Waals surface area contributed by atoms with Crippen LogP contribution in [-0.2, 0) is 11.2 Å². The van der Waals surface area contributed by atoms with Crippen molar-refractivity contribution in [3.05, 3.63) is 56.7 Å². The molecule has 0 bridgehead atoms. The van der Waals surface area contributed by atoms with Crippen molar-refractivity contribution in [1.29, 1.82) is 0 Å². The number of thiophene rings is 1. The van der Waals surface area contributed by atoms with Crippen molar-refractivity contribution in [2.75, 3.05) is 0 Å². The van der Waals surface area contributed by atoms with Crippen molar-refractivity contribution in [3.63, 3.8) is 0 Å². The predicted molar refractivity (Wildman–Crippen MR) is 102 cm³/mol. The van der Waals surface area contributed by atoms with Crippen molar-refractivity contribution in [1.82, 2.24) is 19.9 Å². The summed E-state index contributed by atoms with van der Waals surface area (Å²) in [5.41, 5.74) is 2.22. The number of nitrogens with one attached hydrogen (secondary N) is 1. The van der Waals surface area contributed by atoms with Crippen LogP contribution >= 0.6 is 22.7 Å². The molecule has 0 fully saturated rings. The molecule has 3 rings (SSSR count). The maximum absolute atomic E-state index is 12.6. The van der Waals surface area contributed by atoms with Gasteiger partial charge >= 0.3 is 0 Å². The SMILES string of the molecule is Cc1csc(C(Cc2ccsc2)NC(=O)CC(C)n2ccnc2C)n1. The summed E-state index contributed by atoms with van der Waals surface area (Å²) in [5.74, 6) is 0.958. The fourth-order valence-corrected chi connectivity index (χ4v) is 4.38. The Kier molecular flexibility index (Phi) is 5.65. The van der Waals surface area contributed by atoms with E-state index in [9.17, 15) is 4.79 Å². The monoisotopic (exact) mass is 374 g/mol. The number of nitrogens with zero attached hydrogens (tertiary/aromatic N) is 3. The van der Waals surface area contributed by atoms with E-state index in [0.29, 0.717) is 6.42 Å². The van der Waals surface area contributed by atoms with Crippen molar-refractivity contribution >= 4 is 28.6 Å². The van der Waals surface area contributed by atoms with E-state index < -0.39 is 0 Å². The molecule has 1 N–H and O–H groups in total. The lowest BCUT2D eigenvalue weighted by atomic mass is 10.1.